The van der Waals surface area contributed by atoms with Gasteiger partial charge in [0.05, 0.1) is 5.54 Å². The van der Waals surface area contributed by atoms with Gasteiger partial charge in [-0.1, -0.05) is 12.1 Å². The number of carbonyl (C=O) groups is 2. The van der Waals surface area contributed by atoms with Crippen molar-refractivity contribution < 1.29 is 9.59 Å². The molecule has 1 saturated heterocycles. The molecule has 1 aliphatic heterocycles. The van der Waals surface area contributed by atoms with E-state index < -0.39 is 5.54 Å². The molecule has 3 aromatic heterocycles. The highest BCUT2D eigenvalue weighted by molar-refractivity contribution is 5.95. The number of hydrogen-bond donors (Lipinski definition) is 2. The standard InChI is InChI=1S/C18H17N5O3/c1-18(21-16(25)12-5-4-7-15(24)20-12)10-23(11-18)17(26)13-9-22-8-3-2-6-14(22)19-13/h2-9H,10-11H2,1H3,(H,20,24)(H,21,25). The van der Waals surface area contributed by atoms with Crippen LogP contribution in [0.25, 0.3) is 5.65 Å². The summed E-state index contributed by atoms with van der Waals surface area (Å²) in [4.78, 5) is 44.6. The van der Waals surface area contributed by atoms with Crippen molar-refractivity contribution in [3.8, 4) is 0 Å². The van der Waals surface area contributed by atoms with Crippen LogP contribution in [0.5, 0.6) is 0 Å². The average molecular weight is 351 g/mol. The van der Waals surface area contributed by atoms with E-state index in [1.54, 1.807) is 21.6 Å². The van der Waals surface area contributed by atoms with E-state index in [1.165, 1.54) is 12.1 Å². The molecule has 0 aromatic carbocycles. The second-order valence-electron chi connectivity index (χ2n) is 6.70. The van der Waals surface area contributed by atoms with Gasteiger partial charge in [0.25, 0.3) is 11.8 Å². The van der Waals surface area contributed by atoms with E-state index >= 15 is 0 Å². The van der Waals surface area contributed by atoms with Crippen LogP contribution < -0.4 is 10.9 Å². The van der Waals surface area contributed by atoms with Gasteiger partial charge >= 0.3 is 0 Å². The van der Waals surface area contributed by atoms with Crippen molar-refractivity contribution in [1.29, 1.82) is 0 Å². The molecular formula is C18H17N5O3. The maximum absolute atomic E-state index is 12.6. The summed E-state index contributed by atoms with van der Waals surface area (Å²) in [6, 6.07) is 9.97. The monoisotopic (exact) mass is 351 g/mol. The van der Waals surface area contributed by atoms with Crippen LogP contribution in [0.2, 0.25) is 0 Å². The molecule has 2 amide bonds. The number of pyridine rings is 2. The first-order valence-electron chi connectivity index (χ1n) is 8.18. The van der Waals surface area contributed by atoms with Gasteiger partial charge in [-0.25, -0.2) is 4.98 Å². The Morgan fingerprint density at radius 2 is 2.00 bits per heavy atom. The van der Waals surface area contributed by atoms with Crippen LogP contribution in [-0.4, -0.2) is 49.7 Å². The molecule has 1 aliphatic rings. The first kappa shape index (κ1) is 16.1. The Balaban J connectivity index is 1.42. The number of likely N-dealkylation sites (tertiary alicyclic amines) is 1. The normalized spacial score (nSPS) is 15.5. The Labute approximate surface area is 148 Å². The van der Waals surface area contributed by atoms with Crippen LogP contribution in [0.1, 0.15) is 27.9 Å². The van der Waals surface area contributed by atoms with Crippen LogP contribution in [0, 0.1) is 0 Å². The number of aromatic amines is 1. The first-order valence-corrected chi connectivity index (χ1v) is 8.18. The number of amides is 2. The summed E-state index contributed by atoms with van der Waals surface area (Å²) in [5.41, 5.74) is 0.403. The number of fused-ring (bicyclic) bond motifs is 1. The second-order valence-corrected chi connectivity index (χ2v) is 6.70. The zero-order chi connectivity index (χ0) is 18.3. The van der Waals surface area contributed by atoms with E-state index in [0.29, 0.717) is 24.4 Å². The zero-order valence-electron chi connectivity index (χ0n) is 14.1. The van der Waals surface area contributed by atoms with E-state index in [-0.39, 0.29) is 23.1 Å². The third kappa shape index (κ3) is 2.85. The molecule has 8 nitrogen and oxygen atoms in total. The fourth-order valence-electron chi connectivity index (χ4n) is 3.14. The highest BCUT2D eigenvalue weighted by Gasteiger charge is 2.43. The molecule has 0 aliphatic carbocycles. The number of aromatic nitrogens is 3. The van der Waals surface area contributed by atoms with Gasteiger partial charge in [0.1, 0.15) is 17.0 Å². The fourth-order valence-corrected chi connectivity index (χ4v) is 3.14. The van der Waals surface area contributed by atoms with Crippen LogP contribution in [0.4, 0.5) is 0 Å². The lowest BCUT2D eigenvalue weighted by Crippen LogP contribution is -2.69. The first-order chi connectivity index (χ1) is 12.4. The molecule has 0 saturated carbocycles. The molecule has 3 aromatic rings. The Hall–Kier alpha value is -3.42. The molecule has 0 unspecified atom stereocenters. The fraction of sp³-hybridized carbons (Fsp3) is 0.222. The molecule has 2 N–H and O–H groups in total. The van der Waals surface area contributed by atoms with Gasteiger partial charge in [0.2, 0.25) is 5.56 Å². The maximum Gasteiger partial charge on any atom is 0.274 e. The summed E-state index contributed by atoms with van der Waals surface area (Å²) in [6.45, 7) is 2.62. The SMILES string of the molecule is CC1(NC(=O)c2cccc(=O)[nH]2)CN(C(=O)c2cn3ccccc3n2)C1. The number of rotatable bonds is 3. The molecule has 0 radical (unpaired) electrons. The predicted octanol–water partition coefficient (Wildman–Crippen LogP) is 0.667. The van der Waals surface area contributed by atoms with Crippen LogP contribution in [0.15, 0.2) is 53.6 Å². The highest BCUT2D eigenvalue weighted by atomic mass is 16.2. The molecular weight excluding hydrogens is 334 g/mol. The number of hydrogen-bond acceptors (Lipinski definition) is 4. The van der Waals surface area contributed by atoms with Gasteiger partial charge in [-0.3, -0.25) is 14.4 Å². The zero-order valence-corrected chi connectivity index (χ0v) is 14.1. The van der Waals surface area contributed by atoms with Gasteiger partial charge in [-0.15, -0.1) is 0 Å². The topological polar surface area (TPSA) is 99.6 Å². The lowest BCUT2D eigenvalue weighted by molar-refractivity contribution is 0.0325. The Morgan fingerprint density at radius 3 is 2.73 bits per heavy atom. The number of carbonyl (C=O) groups excluding carboxylic acids is 2. The smallest absolute Gasteiger partial charge is 0.274 e. The van der Waals surface area contributed by atoms with E-state index in [0.717, 1.165) is 0 Å². The van der Waals surface area contributed by atoms with Gasteiger partial charge in [-0.2, -0.15) is 0 Å². The van der Waals surface area contributed by atoms with E-state index in [9.17, 15) is 14.4 Å². The summed E-state index contributed by atoms with van der Waals surface area (Å²) in [6.07, 6.45) is 3.53. The summed E-state index contributed by atoms with van der Waals surface area (Å²) >= 11 is 0. The van der Waals surface area contributed by atoms with Crippen molar-refractivity contribution in [3.05, 3.63) is 70.5 Å². The summed E-state index contributed by atoms with van der Waals surface area (Å²) in [5, 5.41) is 2.87. The molecule has 0 spiro atoms. The van der Waals surface area contributed by atoms with Crippen LogP contribution in [-0.2, 0) is 0 Å². The molecule has 0 atom stereocenters. The molecule has 4 rings (SSSR count). The van der Waals surface area contributed by atoms with E-state index in [2.05, 4.69) is 15.3 Å². The third-order valence-electron chi connectivity index (χ3n) is 4.38. The highest BCUT2D eigenvalue weighted by Crippen LogP contribution is 2.23. The number of nitrogens with one attached hydrogen (secondary N) is 2. The Morgan fingerprint density at radius 1 is 1.19 bits per heavy atom. The van der Waals surface area contributed by atoms with Gasteiger partial charge in [-0.05, 0) is 25.1 Å². The lowest BCUT2D eigenvalue weighted by Gasteiger charge is -2.47. The minimum absolute atomic E-state index is 0.173. The third-order valence-corrected chi connectivity index (χ3v) is 4.38. The molecule has 132 valence electrons. The summed E-state index contributed by atoms with van der Waals surface area (Å²) < 4.78 is 1.79. The molecule has 0 bridgehead atoms. The lowest BCUT2D eigenvalue weighted by atomic mass is 9.91. The van der Waals surface area contributed by atoms with Gasteiger partial charge < -0.3 is 19.6 Å². The Kier molecular flexibility index (Phi) is 3.61. The summed E-state index contributed by atoms with van der Waals surface area (Å²) in [7, 11) is 0. The predicted molar refractivity (Wildman–Crippen MR) is 94.0 cm³/mol. The molecule has 26 heavy (non-hydrogen) atoms. The number of nitrogens with zero attached hydrogens (tertiary/aromatic N) is 3. The summed E-state index contributed by atoms with van der Waals surface area (Å²) in [5.74, 6) is -0.543. The average Bonchev–Trinajstić information content (AvgIpc) is 3.03. The molecule has 8 heteroatoms. The van der Waals surface area contributed by atoms with Crippen LogP contribution >= 0.6 is 0 Å². The Bertz CT molecular complexity index is 1030. The second kappa shape index (κ2) is 5.83. The maximum atomic E-state index is 12.6. The minimum Gasteiger partial charge on any atom is -0.342 e. The van der Waals surface area contributed by atoms with Crippen molar-refractivity contribution in [2.45, 2.75) is 12.5 Å². The van der Waals surface area contributed by atoms with Crippen molar-refractivity contribution in [3.63, 3.8) is 0 Å². The number of H-pyrrole nitrogens is 1. The van der Waals surface area contributed by atoms with Crippen molar-refractivity contribution in [2.75, 3.05) is 13.1 Å². The van der Waals surface area contributed by atoms with Crippen molar-refractivity contribution in [2.24, 2.45) is 0 Å². The van der Waals surface area contributed by atoms with Gasteiger partial charge in [0, 0.05) is 31.5 Å². The van der Waals surface area contributed by atoms with Crippen LogP contribution in [0.3, 0.4) is 0 Å². The minimum atomic E-state index is -0.543. The molecule has 4 heterocycles. The number of imidazole rings is 1. The van der Waals surface area contributed by atoms with E-state index in [1.807, 2.05) is 31.3 Å². The van der Waals surface area contributed by atoms with Crippen molar-refractivity contribution in [1.82, 2.24) is 24.6 Å². The van der Waals surface area contributed by atoms with Gasteiger partial charge in [0.15, 0.2) is 0 Å². The largest absolute Gasteiger partial charge is 0.342 e. The van der Waals surface area contributed by atoms with E-state index in [4.69, 9.17) is 0 Å². The quantitative estimate of drug-likeness (QED) is 0.724. The van der Waals surface area contributed by atoms with Crippen molar-refractivity contribution >= 4 is 17.5 Å². The molecule has 1 fully saturated rings.